The lowest BCUT2D eigenvalue weighted by Crippen LogP contribution is -3.00. The number of morpholine rings is 1. The van der Waals surface area contributed by atoms with E-state index in [-0.39, 0.29) is 29.9 Å². The molecule has 0 amide bonds. The average Bonchev–Trinajstić information content (AvgIpc) is 2.54. The Balaban J connectivity index is 0.00000288. The minimum Gasteiger partial charge on any atom is -1.00 e. The van der Waals surface area contributed by atoms with Crippen molar-refractivity contribution in [1.29, 1.82) is 0 Å². The van der Waals surface area contributed by atoms with Crippen molar-refractivity contribution in [3.8, 4) is 5.75 Å². The van der Waals surface area contributed by atoms with Gasteiger partial charge in [0.05, 0.1) is 32.4 Å². The summed E-state index contributed by atoms with van der Waals surface area (Å²) < 4.78 is 17.3. The van der Waals surface area contributed by atoms with Gasteiger partial charge >= 0.3 is 5.97 Å². The first-order valence-electron chi connectivity index (χ1n) is 8.30. The fourth-order valence-electron chi connectivity index (χ4n) is 2.40. The summed E-state index contributed by atoms with van der Waals surface area (Å²) in [6.45, 7) is 9.63. The van der Waals surface area contributed by atoms with Crippen molar-refractivity contribution >= 4 is 5.97 Å². The number of hydrogen-bond donors (Lipinski definition) is 0. The van der Waals surface area contributed by atoms with Gasteiger partial charge in [-0.3, -0.25) is 0 Å². The molecule has 0 unspecified atom stereocenters. The van der Waals surface area contributed by atoms with E-state index in [1.807, 2.05) is 12.1 Å². The molecular formula is C18H28INO4. The third-order valence-electron chi connectivity index (χ3n) is 4.09. The molecule has 1 aliphatic rings. The maximum Gasteiger partial charge on any atom is 0.338 e. The number of benzene rings is 1. The molecule has 24 heavy (non-hydrogen) atoms. The van der Waals surface area contributed by atoms with Gasteiger partial charge in [-0.05, 0) is 30.2 Å². The van der Waals surface area contributed by atoms with Crippen LogP contribution in [0, 0.1) is 5.92 Å². The van der Waals surface area contributed by atoms with Crippen molar-refractivity contribution in [2.24, 2.45) is 5.92 Å². The predicted molar refractivity (Wildman–Crippen MR) is 88.7 cm³/mol. The molecular weight excluding hydrogens is 421 g/mol. The normalized spacial score (nSPS) is 16.3. The number of esters is 1. The fraction of sp³-hybridized carbons (Fsp3) is 0.611. The van der Waals surface area contributed by atoms with E-state index in [4.69, 9.17) is 14.2 Å². The smallest absolute Gasteiger partial charge is 0.338 e. The van der Waals surface area contributed by atoms with Gasteiger partial charge in [-0.2, -0.15) is 0 Å². The van der Waals surface area contributed by atoms with Crippen molar-refractivity contribution in [3.63, 3.8) is 0 Å². The Morgan fingerprint density at radius 1 is 1.21 bits per heavy atom. The van der Waals surface area contributed by atoms with Gasteiger partial charge in [-0.25, -0.2) is 4.79 Å². The molecule has 0 aliphatic carbocycles. The van der Waals surface area contributed by atoms with E-state index in [2.05, 4.69) is 20.9 Å². The number of halogens is 1. The highest BCUT2D eigenvalue weighted by atomic mass is 127. The van der Waals surface area contributed by atoms with E-state index in [0.717, 1.165) is 43.1 Å². The molecule has 0 aromatic heterocycles. The van der Waals surface area contributed by atoms with Crippen molar-refractivity contribution < 1.29 is 47.5 Å². The van der Waals surface area contributed by atoms with Crippen LogP contribution in [0.2, 0.25) is 0 Å². The van der Waals surface area contributed by atoms with Gasteiger partial charge in [-0.1, -0.05) is 13.8 Å². The lowest BCUT2D eigenvalue weighted by Gasteiger charge is -2.37. The largest absolute Gasteiger partial charge is 1.00 e. The second-order valence-electron chi connectivity index (χ2n) is 6.77. The van der Waals surface area contributed by atoms with Crippen LogP contribution < -0.4 is 28.7 Å². The van der Waals surface area contributed by atoms with E-state index >= 15 is 0 Å². The number of likely N-dealkylation sites (N-methyl/N-ethyl adjacent to an activating group) is 1. The first-order valence-corrected chi connectivity index (χ1v) is 8.30. The molecule has 1 saturated heterocycles. The van der Waals surface area contributed by atoms with Gasteiger partial charge < -0.3 is 42.7 Å². The van der Waals surface area contributed by atoms with Gasteiger partial charge in [0, 0.05) is 0 Å². The second kappa shape index (κ2) is 10.2. The molecule has 6 heteroatoms. The summed E-state index contributed by atoms with van der Waals surface area (Å²) in [7, 11) is 2.18. The van der Waals surface area contributed by atoms with Crippen LogP contribution >= 0.6 is 0 Å². The molecule has 1 aromatic rings. The summed E-state index contributed by atoms with van der Waals surface area (Å²) in [6.07, 6.45) is 0. The third-order valence-corrected chi connectivity index (χ3v) is 4.09. The topological polar surface area (TPSA) is 44.8 Å². The molecule has 136 valence electrons. The highest BCUT2D eigenvalue weighted by Crippen LogP contribution is 2.14. The zero-order valence-corrected chi connectivity index (χ0v) is 17.0. The van der Waals surface area contributed by atoms with Crippen molar-refractivity contribution in [1.82, 2.24) is 0 Å². The minimum atomic E-state index is -0.278. The van der Waals surface area contributed by atoms with Gasteiger partial charge in [0.15, 0.2) is 0 Å². The Bertz CT molecular complexity index is 498. The Morgan fingerprint density at radius 3 is 2.42 bits per heavy atom. The zero-order chi connectivity index (χ0) is 16.7. The summed E-state index contributed by atoms with van der Waals surface area (Å²) in [5.41, 5.74) is 0.562. The molecule has 0 spiro atoms. The molecule has 1 aromatic carbocycles. The summed E-state index contributed by atoms with van der Waals surface area (Å²) in [4.78, 5) is 12.1. The number of quaternary nitrogens is 1. The van der Waals surface area contributed by atoms with Crippen molar-refractivity contribution in [3.05, 3.63) is 29.8 Å². The third kappa shape index (κ3) is 6.94. The monoisotopic (exact) mass is 449 g/mol. The SMILES string of the molecule is CC(C)COc1ccc(C(=O)OCC[N+]2(C)CCOCC2)cc1.[I-]. The highest BCUT2D eigenvalue weighted by Gasteiger charge is 2.25. The molecule has 0 saturated carbocycles. The number of ether oxygens (including phenoxy) is 3. The van der Waals surface area contributed by atoms with Crippen LogP contribution in [0.25, 0.3) is 0 Å². The molecule has 1 fully saturated rings. The summed E-state index contributed by atoms with van der Waals surface area (Å²) >= 11 is 0. The molecule has 0 radical (unpaired) electrons. The van der Waals surface area contributed by atoms with E-state index in [0.29, 0.717) is 24.7 Å². The lowest BCUT2D eigenvalue weighted by molar-refractivity contribution is -0.917. The Kier molecular flexibility index (Phi) is 9.01. The first-order chi connectivity index (χ1) is 11.0. The van der Waals surface area contributed by atoms with Gasteiger partial charge in [-0.15, -0.1) is 0 Å². The van der Waals surface area contributed by atoms with Crippen molar-refractivity contribution in [2.45, 2.75) is 13.8 Å². The number of carbonyl (C=O) groups excluding carboxylic acids is 1. The minimum absolute atomic E-state index is 0. The molecule has 1 aliphatic heterocycles. The maximum atomic E-state index is 12.1. The van der Waals surface area contributed by atoms with Crippen LogP contribution in [-0.4, -0.2) is 63.6 Å². The molecule has 0 bridgehead atoms. The molecule has 5 nitrogen and oxygen atoms in total. The van der Waals surface area contributed by atoms with E-state index < -0.39 is 0 Å². The van der Waals surface area contributed by atoms with Gasteiger partial charge in [0.1, 0.15) is 32.0 Å². The van der Waals surface area contributed by atoms with Gasteiger partial charge in [0.2, 0.25) is 0 Å². The number of carbonyl (C=O) groups is 1. The predicted octanol–water partition coefficient (Wildman–Crippen LogP) is -0.641. The Labute approximate surface area is 161 Å². The zero-order valence-electron chi connectivity index (χ0n) is 14.8. The number of rotatable bonds is 7. The summed E-state index contributed by atoms with van der Waals surface area (Å²) in [5, 5.41) is 0. The average molecular weight is 449 g/mol. The summed E-state index contributed by atoms with van der Waals surface area (Å²) in [5.74, 6) is 0.978. The Hall–Kier alpha value is -0.860. The van der Waals surface area contributed by atoms with E-state index in [1.165, 1.54) is 0 Å². The van der Waals surface area contributed by atoms with Crippen LogP contribution in [0.15, 0.2) is 24.3 Å². The summed E-state index contributed by atoms with van der Waals surface area (Å²) in [6, 6.07) is 7.13. The van der Waals surface area contributed by atoms with Crippen LogP contribution in [0.3, 0.4) is 0 Å². The lowest BCUT2D eigenvalue weighted by atomic mass is 10.2. The second-order valence-corrected chi connectivity index (χ2v) is 6.77. The van der Waals surface area contributed by atoms with E-state index in [1.54, 1.807) is 12.1 Å². The van der Waals surface area contributed by atoms with Crippen LogP contribution in [0.1, 0.15) is 24.2 Å². The maximum absolute atomic E-state index is 12.1. The van der Waals surface area contributed by atoms with Crippen LogP contribution in [0.4, 0.5) is 0 Å². The van der Waals surface area contributed by atoms with Gasteiger partial charge in [0.25, 0.3) is 0 Å². The molecule has 0 atom stereocenters. The first kappa shape index (κ1) is 21.2. The van der Waals surface area contributed by atoms with E-state index in [9.17, 15) is 4.79 Å². The molecule has 1 heterocycles. The molecule has 0 N–H and O–H groups in total. The van der Waals surface area contributed by atoms with Crippen LogP contribution in [-0.2, 0) is 9.47 Å². The van der Waals surface area contributed by atoms with Crippen molar-refractivity contribution in [2.75, 3.05) is 53.1 Å². The number of nitrogens with zero attached hydrogens (tertiary/aromatic N) is 1. The van der Waals surface area contributed by atoms with Crippen LogP contribution in [0.5, 0.6) is 5.75 Å². The fourth-order valence-corrected chi connectivity index (χ4v) is 2.40. The highest BCUT2D eigenvalue weighted by molar-refractivity contribution is 5.89. The number of hydrogen-bond acceptors (Lipinski definition) is 4. The quantitative estimate of drug-likeness (QED) is 0.316. The standard InChI is InChI=1S/C18H28NO4.HI/c1-15(2)14-23-17-6-4-16(5-7-17)18(20)22-13-10-19(3)8-11-21-12-9-19;/h4-7,15H,8-14H2,1-3H3;1H/q+1;/p-1. The Morgan fingerprint density at radius 2 is 1.83 bits per heavy atom. The molecule has 2 rings (SSSR count).